The van der Waals surface area contributed by atoms with Gasteiger partial charge in [0.2, 0.25) is 0 Å². The molecule has 2 saturated carbocycles. The van der Waals surface area contributed by atoms with Crippen molar-refractivity contribution < 1.29 is 13.2 Å². The van der Waals surface area contributed by atoms with Crippen molar-refractivity contribution in [3.05, 3.63) is 0 Å². The molecule has 1 atom stereocenters. The molecule has 0 aromatic carbocycles. The molecular formula is C18H32N2O3S. The van der Waals surface area contributed by atoms with Crippen molar-refractivity contribution >= 4 is 15.9 Å². The zero-order chi connectivity index (χ0) is 17.2. The van der Waals surface area contributed by atoms with Crippen molar-refractivity contribution in [3.8, 4) is 0 Å². The number of likely N-dealkylation sites (tertiary alicyclic amines) is 1. The van der Waals surface area contributed by atoms with E-state index in [0.717, 1.165) is 38.1 Å². The molecule has 3 rings (SSSR count). The van der Waals surface area contributed by atoms with Gasteiger partial charge in [-0.15, -0.1) is 0 Å². The van der Waals surface area contributed by atoms with Gasteiger partial charge in [0.25, 0.3) is 0 Å². The van der Waals surface area contributed by atoms with Gasteiger partial charge in [-0.1, -0.05) is 38.5 Å². The van der Waals surface area contributed by atoms with E-state index in [0.29, 0.717) is 18.9 Å². The zero-order valence-corrected chi connectivity index (χ0v) is 15.7. The fourth-order valence-electron chi connectivity index (χ4n) is 4.74. The normalized spacial score (nSPS) is 27.7. The summed E-state index contributed by atoms with van der Waals surface area (Å²) < 4.78 is 23.4. The van der Waals surface area contributed by atoms with Crippen LogP contribution in [0.3, 0.4) is 0 Å². The molecule has 0 aromatic rings. The Morgan fingerprint density at radius 3 is 2.38 bits per heavy atom. The van der Waals surface area contributed by atoms with Crippen LogP contribution in [-0.2, 0) is 9.84 Å². The van der Waals surface area contributed by atoms with E-state index in [1.54, 1.807) is 0 Å². The molecule has 0 aromatic heterocycles. The first-order valence-electron chi connectivity index (χ1n) is 9.65. The molecule has 1 N–H and O–H groups in total. The molecule has 3 aliphatic rings. The van der Waals surface area contributed by atoms with Gasteiger partial charge in [-0.25, -0.2) is 13.2 Å². The van der Waals surface area contributed by atoms with Gasteiger partial charge in [-0.3, -0.25) is 0 Å². The smallest absolute Gasteiger partial charge is 0.317 e. The highest BCUT2D eigenvalue weighted by Gasteiger charge is 2.46. The van der Waals surface area contributed by atoms with Crippen molar-refractivity contribution in [1.82, 2.24) is 10.2 Å². The zero-order valence-electron chi connectivity index (χ0n) is 14.9. The first kappa shape index (κ1) is 18.0. The van der Waals surface area contributed by atoms with E-state index in [2.05, 4.69) is 5.32 Å². The third kappa shape index (κ3) is 3.73. The van der Waals surface area contributed by atoms with Crippen LogP contribution in [0, 0.1) is 5.92 Å². The summed E-state index contributed by atoms with van der Waals surface area (Å²) in [6.45, 7) is 1.09. The molecule has 1 unspecified atom stereocenters. The van der Waals surface area contributed by atoms with Crippen LogP contribution in [0.2, 0.25) is 0 Å². The summed E-state index contributed by atoms with van der Waals surface area (Å²) in [6, 6.07) is 0.298. The van der Waals surface area contributed by atoms with Gasteiger partial charge in [0.1, 0.15) is 0 Å². The number of hydrogen-bond donors (Lipinski definition) is 1. The van der Waals surface area contributed by atoms with Gasteiger partial charge in [0.15, 0.2) is 9.84 Å². The summed E-state index contributed by atoms with van der Waals surface area (Å²) in [6.07, 6.45) is 13.5. The monoisotopic (exact) mass is 356 g/mol. The molecule has 1 saturated heterocycles. The number of urea groups is 1. The number of hydrogen-bond acceptors (Lipinski definition) is 3. The molecule has 3 fully saturated rings. The summed E-state index contributed by atoms with van der Waals surface area (Å²) >= 11 is 0. The number of amides is 2. The Morgan fingerprint density at radius 1 is 1.08 bits per heavy atom. The molecule has 2 aliphatic carbocycles. The van der Waals surface area contributed by atoms with Gasteiger partial charge in [-0.05, 0) is 38.0 Å². The second-order valence-electron chi connectivity index (χ2n) is 8.20. The lowest BCUT2D eigenvalue weighted by Gasteiger charge is -2.40. The maximum atomic E-state index is 12.6. The Kier molecular flexibility index (Phi) is 5.42. The number of sulfone groups is 1. The minimum atomic E-state index is -3.12. The Balaban J connectivity index is 1.53. The van der Waals surface area contributed by atoms with Crippen LogP contribution < -0.4 is 5.32 Å². The standard InChI is InChI=1S/C18H32N2O3S/c1-24(22,23)18(10-6-11-18)14-19-17(21)20-12-5-9-16(20)13-15-7-3-2-4-8-15/h15-16H,2-14H2,1H3,(H,19,21). The highest BCUT2D eigenvalue weighted by Crippen LogP contribution is 2.38. The van der Waals surface area contributed by atoms with Crippen LogP contribution in [0.25, 0.3) is 0 Å². The van der Waals surface area contributed by atoms with Gasteiger partial charge in [0.05, 0.1) is 4.75 Å². The summed E-state index contributed by atoms with van der Waals surface area (Å²) in [5.74, 6) is 0.770. The van der Waals surface area contributed by atoms with Crippen LogP contribution in [0.1, 0.15) is 70.6 Å². The van der Waals surface area contributed by atoms with E-state index in [-0.39, 0.29) is 12.6 Å². The van der Waals surface area contributed by atoms with Crippen molar-refractivity contribution in [1.29, 1.82) is 0 Å². The van der Waals surface area contributed by atoms with E-state index in [1.165, 1.54) is 38.4 Å². The Morgan fingerprint density at radius 2 is 1.79 bits per heavy atom. The summed E-state index contributed by atoms with van der Waals surface area (Å²) in [5, 5.41) is 2.95. The SMILES string of the molecule is CS(=O)(=O)C1(CNC(=O)N2CCCC2CC2CCCCC2)CCC1. The molecule has 0 spiro atoms. The third-order valence-electron chi connectivity index (χ3n) is 6.58. The quantitative estimate of drug-likeness (QED) is 0.823. The Labute approximate surface area is 146 Å². The Hall–Kier alpha value is -0.780. The van der Waals surface area contributed by atoms with Crippen molar-refractivity contribution in [2.75, 3.05) is 19.3 Å². The van der Waals surface area contributed by atoms with Crippen LogP contribution >= 0.6 is 0 Å². The topological polar surface area (TPSA) is 66.5 Å². The molecule has 1 heterocycles. The highest BCUT2D eigenvalue weighted by atomic mass is 32.2. The fraction of sp³-hybridized carbons (Fsp3) is 0.944. The first-order chi connectivity index (χ1) is 11.4. The number of carbonyl (C=O) groups excluding carboxylic acids is 1. The van der Waals surface area contributed by atoms with Crippen LogP contribution in [0.4, 0.5) is 4.79 Å². The molecular weight excluding hydrogens is 324 g/mol. The lowest BCUT2D eigenvalue weighted by atomic mass is 9.84. The lowest BCUT2D eigenvalue weighted by molar-refractivity contribution is 0.174. The van der Waals surface area contributed by atoms with Crippen LogP contribution in [-0.4, -0.2) is 49.5 Å². The minimum Gasteiger partial charge on any atom is -0.336 e. The summed E-state index contributed by atoms with van der Waals surface area (Å²) in [5.41, 5.74) is 0. The van der Waals surface area contributed by atoms with E-state index in [4.69, 9.17) is 0 Å². The molecule has 24 heavy (non-hydrogen) atoms. The molecule has 2 amide bonds. The van der Waals surface area contributed by atoms with E-state index >= 15 is 0 Å². The van der Waals surface area contributed by atoms with Crippen molar-refractivity contribution in [2.45, 2.75) is 81.4 Å². The second kappa shape index (κ2) is 7.22. The Bertz CT molecular complexity index is 551. The van der Waals surface area contributed by atoms with Crippen molar-refractivity contribution in [2.24, 2.45) is 5.92 Å². The fourth-order valence-corrected chi connectivity index (χ4v) is 6.11. The van der Waals surface area contributed by atoms with Gasteiger partial charge >= 0.3 is 6.03 Å². The largest absolute Gasteiger partial charge is 0.336 e. The van der Waals surface area contributed by atoms with E-state index in [1.807, 2.05) is 4.90 Å². The molecule has 1 aliphatic heterocycles. The van der Waals surface area contributed by atoms with Gasteiger partial charge < -0.3 is 10.2 Å². The van der Waals surface area contributed by atoms with Crippen LogP contribution in [0.15, 0.2) is 0 Å². The van der Waals surface area contributed by atoms with Crippen LogP contribution in [0.5, 0.6) is 0 Å². The lowest BCUT2D eigenvalue weighted by Crippen LogP contribution is -2.55. The number of carbonyl (C=O) groups is 1. The van der Waals surface area contributed by atoms with E-state index < -0.39 is 14.6 Å². The third-order valence-corrected chi connectivity index (χ3v) is 8.71. The second-order valence-corrected chi connectivity index (χ2v) is 10.6. The van der Waals surface area contributed by atoms with Crippen molar-refractivity contribution in [3.63, 3.8) is 0 Å². The average Bonchev–Trinajstić information content (AvgIpc) is 2.93. The summed E-state index contributed by atoms with van der Waals surface area (Å²) in [4.78, 5) is 14.6. The maximum Gasteiger partial charge on any atom is 0.317 e. The molecule has 0 bridgehead atoms. The van der Waals surface area contributed by atoms with Gasteiger partial charge in [-0.2, -0.15) is 0 Å². The minimum absolute atomic E-state index is 0.0526. The van der Waals surface area contributed by atoms with E-state index in [9.17, 15) is 13.2 Å². The first-order valence-corrected chi connectivity index (χ1v) is 11.5. The molecule has 138 valence electrons. The average molecular weight is 357 g/mol. The predicted octanol–water partition coefficient (Wildman–Crippen LogP) is 3.10. The molecule has 5 nitrogen and oxygen atoms in total. The number of rotatable bonds is 5. The predicted molar refractivity (Wildman–Crippen MR) is 95.7 cm³/mol. The molecule has 6 heteroatoms. The van der Waals surface area contributed by atoms with Gasteiger partial charge in [0, 0.05) is 25.4 Å². The maximum absolute atomic E-state index is 12.6. The highest BCUT2D eigenvalue weighted by molar-refractivity contribution is 7.92. The number of nitrogens with zero attached hydrogens (tertiary/aromatic N) is 1. The molecule has 0 radical (unpaired) electrons. The summed E-state index contributed by atoms with van der Waals surface area (Å²) in [7, 11) is -3.12. The number of nitrogens with one attached hydrogen (secondary N) is 1.